The molecule has 0 bridgehead atoms. The summed E-state index contributed by atoms with van der Waals surface area (Å²) in [6.07, 6.45) is 2.25. The molecule has 0 amide bonds. The van der Waals surface area contributed by atoms with E-state index in [1.165, 1.54) is 23.3 Å². The van der Waals surface area contributed by atoms with E-state index in [9.17, 15) is 4.79 Å². The lowest BCUT2D eigenvalue weighted by Crippen LogP contribution is -1.97. The number of carboxylic acid groups (broad SMARTS) is 1. The molecule has 5 nitrogen and oxygen atoms in total. The molecule has 0 spiro atoms. The van der Waals surface area contributed by atoms with Gasteiger partial charge in [-0.15, -0.1) is 0 Å². The van der Waals surface area contributed by atoms with Crippen LogP contribution in [0.4, 0.5) is 0 Å². The number of pyridine rings is 1. The first kappa shape index (κ1) is 12.3. The second kappa shape index (κ2) is 4.77. The Morgan fingerprint density at radius 1 is 1.30 bits per heavy atom. The van der Waals surface area contributed by atoms with Crippen molar-refractivity contribution in [2.24, 2.45) is 0 Å². The van der Waals surface area contributed by atoms with Crippen molar-refractivity contribution < 1.29 is 9.90 Å². The lowest BCUT2D eigenvalue weighted by Gasteiger charge is -2.01. The monoisotopic (exact) mass is 267 g/mol. The summed E-state index contributed by atoms with van der Waals surface area (Å²) in [6, 6.07) is 11.1. The molecule has 0 saturated heterocycles. The number of hydrogen-bond acceptors (Lipinski definition) is 3. The number of hydrogen-bond donors (Lipinski definition) is 1. The number of carbonyl (C=O) groups is 1. The Labute approximate surface area is 115 Å². The molecule has 0 fully saturated rings. The molecule has 1 N–H and O–H groups in total. The summed E-state index contributed by atoms with van der Waals surface area (Å²) >= 11 is 0. The summed E-state index contributed by atoms with van der Waals surface area (Å²) in [5.41, 5.74) is 3.13. The van der Waals surface area contributed by atoms with Crippen molar-refractivity contribution in [3.63, 3.8) is 0 Å². The van der Waals surface area contributed by atoms with Gasteiger partial charge in [-0.05, 0) is 30.2 Å². The largest absolute Gasteiger partial charge is 0.478 e. The Kier molecular flexibility index (Phi) is 2.95. The number of carboxylic acids is 1. The van der Waals surface area contributed by atoms with Crippen molar-refractivity contribution in [3.8, 4) is 0 Å². The zero-order valence-corrected chi connectivity index (χ0v) is 10.9. The fraction of sp³-hybridized carbons (Fsp3) is 0.133. The molecular formula is C15H13N3O2. The maximum atomic E-state index is 10.9. The third kappa shape index (κ3) is 2.25. The number of nitrogens with zero attached hydrogens (tertiary/aromatic N) is 3. The average molecular weight is 267 g/mol. The summed E-state index contributed by atoms with van der Waals surface area (Å²) in [6.45, 7) is 2.05. The van der Waals surface area contributed by atoms with Crippen LogP contribution < -0.4 is 0 Å². The average Bonchev–Trinajstić information content (AvgIpc) is 2.82. The molecule has 0 aliphatic carbocycles. The number of aryl methyl sites for hydroxylation is 1. The summed E-state index contributed by atoms with van der Waals surface area (Å²) in [5.74, 6) is -0.280. The highest BCUT2D eigenvalue weighted by molar-refractivity contribution is 5.88. The predicted octanol–water partition coefficient (Wildman–Crippen LogP) is 2.33. The molecule has 5 heteroatoms. The fourth-order valence-corrected chi connectivity index (χ4v) is 2.11. The van der Waals surface area contributed by atoms with Gasteiger partial charge in [-0.2, -0.15) is 5.10 Å². The van der Waals surface area contributed by atoms with Gasteiger partial charge < -0.3 is 5.11 Å². The molecule has 0 atom stereocenters. The smallest absolute Gasteiger partial charge is 0.335 e. The highest BCUT2D eigenvalue weighted by atomic mass is 16.4. The minimum absolute atomic E-state index is 0.215. The van der Waals surface area contributed by atoms with E-state index in [0.717, 1.165) is 0 Å². The van der Waals surface area contributed by atoms with Gasteiger partial charge in [0, 0.05) is 12.6 Å². The second-order valence-corrected chi connectivity index (χ2v) is 4.65. The molecule has 20 heavy (non-hydrogen) atoms. The number of aromatic carboxylic acids is 1. The molecule has 3 aromatic rings. The van der Waals surface area contributed by atoms with Crippen LogP contribution in [0.25, 0.3) is 5.65 Å². The quantitative estimate of drug-likeness (QED) is 0.790. The summed E-state index contributed by atoms with van der Waals surface area (Å²) in [4.78, 5) is 15.3. The molecule has 100 valence electrons. The number of aromatic nitrogens is 3. The number of fused-ring (bicyclic) bond motifs is 1. The Bertz CT molecular complexity index is 793. The van der Waals surface area contributed by atoms with E-state index < -0.39 is 5.97 Å². The van der Waals surface area contributed by atoms with Crippen molar-refractivity contribution in [1.82, 2.24) is 14.6 Å². The van der Waals surface area contributed by atoms with Crippen LogP contribution in [0.1, 0.15) is 27.3 Å². The first-order valence-electron chi connectivity index (χ1n) is 6.26. The first-order valence-corrected chi connectivity index (χ1v) is 6.26. The maximum absolute atomic E-state index is 10.9. The van der Waals surface area contributed by atoms with E-state index in [1.54, 1.807) is 10.7 Å². The molecule has 0 aliphatic rings. The van der Waals surface area contributed by atoms with Crippen LogP contribution in [0, 0.1) is 6.92 Å². The first-order chi connectivity index (χ1) is 9.63. The Balaban J connectivity index is 1.97. The van der Waals surface area contributed by atoms with Gasteiger partial charge in [-0.1, -0.05) is 24.3 Å². The van der Waals surface area contributed by atoms with Crippen LogP contribution in [-0.4, -0.2) is 25.7 Å². The highest BCUT2D eigenvalue weighted by Gasteiger charge is 2.09. The van der Waals surface area contributed by atoms with Gasteiger partial charge in [0.15, 0.2) is 11.5 Å². The predicted molar refractivity (Wildman–Crippen MR) is 73.9 cm³/mol. The van der Waals surface area contributed by atoms with Crippen LogP contribution in [-0.2, 0) is 6.42 Å². The Hall–Kier alpha value is -2.69. The van der Waals surface area contributed by atoms with Gasteiger partial charge in [0.25, 0.3) is 0 Å². The van der Waals surface area contributed by atoms with Gasteiger partial charge in [0.2, 0.25) is 0 Å². The standard InChI is InChI=1S/C15H13N3O2/c1-10-4-2-3-5-11(10)8-13-16-14-9-12(15(19)20)6-7-18(14)17-13/h2-7,9H,8H2,1H3,(H,19,20). The number of rotatable bonds is 3. The van der Waals surface area contributed by atoms with Crippen molar-refractivity contribution in [2.45, 2.75) is 13.3 Å². The second-order valence-electron chi connectivity index (χ2n) is 4.65. The van der Waals surface area contributed by atoms with Crippen molar-refractivity contribution in [1.29, 1.82) is 0 Å². The molecule has 3 rings (SSSR count). The van der Waals surface area contributed by atoms with Crippen LogP contribution in [0.3, 0.4) is 0 Å². The van der Waals surface area contributed by atoms with E-state index >= 15 is 0 Å². The summed E-state index contributed by atoms with van der Waals surface area (Å²) in [7, 11) is 0. The van der Waals surface area contributed by atoms with Gasteiger partial charge in [-0.25, -0.2) is 14.3 Å². The third-order valence-electron chi connectivity index (χ3n) is 3.24. The SMILES string of the molecule is Cc1ccccc1Cc1nc2cc(C(=O)O)ccn2n1. The third-order valence-corrected chi connectivity index (χ3v) is 3.24. The van der Waals surface area contributed by atoms with E-state index in [0.29, 0.717) is 17.9 Å². The number of benzene rings is 1. The van der Waals surface area contributed by atoms with Gasteiger partial charge >= 0.3 is 5.97 Å². The van der Waals surface area contributed by atoms with E-state index in [4.69, 9.17) is 5.11 Å². The van der Waals surface area contributed by atoms with Crippen molar-refractivity contribution in [3.05, 3.63) is 65.1 Å². The fourth-order valence-electron chi connectivity index (χ4n) is 2.11. The van der Waals surface area contributed by atoms with Crippen molar-refractivity contribution >= 4 is 11.6 Å². The maximum Gasteiger partial charge on any atom is 0.335 e. The van der Waals surface area contributed by atoms with E-state index in [2.05, 4.69) is 10.1 Å². The van der Waals surface area contributed by atoms with Gasteiger partial charge in [0.05, 0.1) is 5.56 Å². The molecule has 2 heterocycles. The Morgan fingerprint density at radius 2 is 2.10 bits per heavy atom. The molecule has 2 aromatic heterocycles. The van der Waals surface area contributed by atoms with Crippen molar-refractivity contribution in [2.75, 3.05) is 0 Å². The molecule has 0 aliphatic heterocycles. The highest BCUT2D eigenvalue weighted by Crippen LogP contribution is 2.13. The minimum atomic E-state index is -0.962. The molecule has 1 aromatic carbocycles. The lowest BCUT2D eigenvalue weighted by molar-refractivity contribution is 0.0697. The van der Waals surface area contributed by atoms with E-state index in [-0.39, 0.29) is 5.56 Å². The topological polar surface area (TPSA) is 67.5 Å². The van der Waals surface area contributed by atoms with E-state index in [1.807, 2.05) is 31.2 Å². The van der Waals surface area contributed by atoms with Crippen LogP contribution in [0.15, 0.2) is 42.6 Å². The van der Waals surface area contributed by atoms with Crippen LogP contribution in [0.5, 0.6) is 0 Å². The molecule has 0 saturated carbocycles. The molecular weight excluding hydrogens is 254 g/mol. The van der Waals surface area contributed by atoms with Crippen LogP contribution >= 0.6 is 0 Å². The zero-order chi connectivity index (χ0) is 14.1. The summed E-state index contributed by atoms with van der Waals surface area (Å²) in [5, 5.41) is 13.3. The van der Waals surface area contributed by atoms with Crippen LogP contribution in [0.2, 0.25) is 0 Å². The normalized spacial score (nSPS) is 10.8. The zero-order valence-electron chi connectivity index (χ0n) is 10.9. The van der Waals surface area contributed by atoms with Gasteiger partial charge in [0.1, 0.15) is 0 Å². The lowest BCUT2D eigenvalue weighted by atomic mass is 10.1. The molecule has 0 unspecified atom stereocenters. The molecule has 0 radical (unpaired) electrons. The Morgan fingerprint density at radius 3 is 2.85 bits per heavy atom. The van der Waals surface area contributed by atoms with Gasteiger partial charge in [-0.3, -0.25) is 0 Å². The summed E-state index contributed by atoms with van der Waals surface area (Å²) < 4.78 is 1.60. The minimum Gasteiger partial charge on any atom is -0.478 e.